The lowest BCUT2D eigenvalue weighted by Gasteiger charge is -2.22. The van der Waals surface area contributed by atoms with Gasteiger partial charge in [0.05, 0.1) is 18.4 Å². The molecule has 2 heterocycles. The second-order valence-corrected chi connectivity index (χ2v) is 5.34. The first-order valence-electron chi connectivity index (χ1n) is 7.54. The first-order valence-corrected chi connectivity index (χ1v) is 7.54. The van der Waals surface area contributed by atoms with E-state index in [9.17, 15) is 5.26 Å². The monoisotopic (exact) mass is 281 g/mol. The van der Waals surface area contributed by atoms with Gasteiger partial charge >= 0.3 is 0 Å². The predicted octanol–water partition coefficient (Wildman–Crippen LogP) is 3.60. The number of aryl methyl sites for hydroxylation is 1. The van der Waals surface area contributed by atoms with E-state index in [0.29, 0.717) is 17.9 Å². The van der Waals surface area contributed by atoms with Gasteiger partial charge in [0.15, 0.2) is 0 Å². The summed E-state index contributed by atoms with van der Waals surface area (Å²) in [7, 11) is 0. The second-order valence-electron chi connectivity index (χ2n) is 5.34. The van der Waals surface area contributed by atoms with Crippen LogP contribution in [0.4, 0.5) is 5.82 Å². The fraction of sp³-hybridized carbons (Fsp3) is 0.412. The van der Waals surface area contributed by atoms with Crippen LogP contribution in [-0.2, 0) is 25.8 Å². The summed E-state index contributed by atoms with van der Waals surface area (Å²) in [6.45, 7) is 2.68. The van der Waals surface area contributed by atoms with Crippen LogP contribution in [0.15, 0.2) is 22.8 Å². The Morgan fingerprint density at radius 2 is 2.14 bits per heavy atom. The summed E-state index contributed by atoms with van der Waals surface area (Å²) in [6.07, 6.45) is 6.96. The zero-order valence-electron chi connectivity index (χ0n) is 12.3. The van der Waals surface area contributed by atoms with Crippen molar-refractivity contribution < 1.29 is 4.42 Å². The summed E-state index contributed by atoms with van der Waals surface area (Å²) in [5, 5.41) is 12.8. The van der Waals surface area contributed by atoms with Crippen molar-refractivity contribution in [3.8, 4) is 6.07 Å². The summed E-state index contributed by atoms with van der Waals surface area (Å²) in [5.41, 5.74) is 4.36. The fourth-order valence-corrected chi connectivity index (χ4v) is 3.03. The summed E-state index contributed by atoms with van der Waals surface area (Å²) in [6, 6.07) is 6.13. The fourth-order valence-electron chi connectivity index (χ4n) is 3.03. The van der Waals surface area contributed by atoms with Crippen molar-refractivity contribution in [2.24, 2.45) is 0 Å². The first kappa shape index (κ1) is 13.7. The third-order valence-corrected chi connectivity index (χ3v) is 4.06. The Balaban J connectivity index is 1.97. The van der Waals surface area contributed by atoms with Gasteiger partial charge < -0.3 is 9.73 Å². The maximum absolute atomic E-state index is 9.54. The van der Waals surface area contributed by atoms with Gasteiger partial charge in [-0.15, -0.1) is 0 Å². The van der Waals surface area contributed by atoms with Gasteiger partial charge in [0.1, 0.15) is 17.6 Å². The number of nitrogens with one attached hydrogen (secondary N) is 1. The molecule has 0 fully saturated rings. The number of rotatable bonds is 4. The Labute approximate surface area is 124 Å². The molecule has 0 saturated heterocycles. The molecule has 21 heavy (non-hydrogen) atoms. The molecule has 4 heteroatoms. The molecule has 1 N–H and O–H groups in total. The number of hydrogen-bond acceptors (Lipinski definition) is 4. The van der Waals surface area contributed by atoms with E-state index in [-0.39, 0.29) is 0 Å². The molecular formula is C17H19N3O. The molecule has 1 aliphatic rings. The highest BCUT2D eigenvalue weighted by Crippen LogP contribution is 2.30. The molecule has 0 amide bonds. The van der Waals surface area contributed by atoms with Gasteiger partial charge in [-0.3, -0.25) is 0 Å². The van der Waals surface area contributed by atoms with Gasteiger partial charge in [0, 0.05) is 5.69 Å². The van der Waals surface area contributed by atoms with E-state index >= 15 is 0 Å². The van der Waals surface area contributed by atoms with Crippen molar-refractivity contribution in [2.75, 3.05) is 5.32 Å². The number of nitriles is 1. The van der Waals surface area contributed by atoms with Gasteiger partial charge in [0.2, 0.25) is 0 Å². The van der Waals surface area contributed by atoms with E-state index in [2.05, 4.69) is 18.3 Å². The summed E-state index contributed by atoms with van der Waals surface area (Å²) in [5.74, 6) is 1.54. The molecule has 0 saturated carbocycles. The maximum Gasteiger partial charge on any atom is 0.144 e. The van der Waals surface area contributed by atoms with Gasteiger partial charge in [-0.2, -0.15) is 5.26 Å². The van der Waals surface area contributed by atoms with E-state index in [1.54, 1.807) is 6.26 Å². The minimum atomic E-state index is 0.552. The lowest BCUT2D eigenvalue weighted by Crippen LogP contribution is -2.14. The van der Waals surface area contributed by atoms with Crippen molar-refractivity contribution in [1.29, 1.82) is 5.26 Å². The Morgan fingerprint density at radius 1 is 1.33 bits per heavy atom. The third-order valence-electron chi connectivity index (χ3n) is 4.06. The van der Waals surface area contributed by atoms with Crippen LogP contribution in [0.2, 0.25) is 0 Å². The minimum absolute atomic E-state index is 0.552. The Morgan fingerprint density at radius 3 is 2.81 bits per heavy atom. The van der Waals surface area contributed by atoms with Crippen molar-refractivity contribution >= 4 is 5.82 Å². The quantitative estimate of drug-likeness (QED) is 0.930. The molecule has 2 aromatic heterocycles. The molecule has 0 bridgehead atoms. The Bertz CT molecular complexity index is 668. The highest BCUT2D eigenvalue weighted by molar-refractivity contribution is 5.60. The summed E-state index contributed by atoms with van der Waals surface area (Å²) < 4.78 is 5.32. The molecule has 0 atom stereocenters. The van der Waals surface area contributed by atoms with Crippen LogP contribution in [0.5, 0.6) is 0 Å². The molecule has 1 aliphatic carbocycles. The Kier molecular flexibility index (Phi) is 3.92. The zero-order chi connectivity index (χ0) is 14.7. The molecule has 3 rings (SSSR count). The van der Waals surface area contributed by atoms with Crippen molar-refractivity contribution in [2.45, 2.75) is 45.6 Å². The second kappa shape index (κ2) is 6.01. The molecule has 0 aromatic carbocycles. The van der Waals surface area contributed by atoms with Crippen molar-refractivity contribution in [3.63, 3.8) is 0 Å². The zero-order valence-corrected chi connectivity index (χ0v) is 12.3. The summed E-state index contributed by atoms with van der Waals surface area (Å²) >= 11 is 0. The van der Waals surface area contributed by atoms with Crippen LogP contribution in [0, 0.1) is 11.3 Å². The topological polar surface area (TPSA) is 61.9 Å². The van der Waals surface area contributed by atoms with Gasteiger partial charge in [0.25, 0.3) is 0 Å². The molecule has 2 aromatic rings. The van der Waals surface area contributed by atoms with Gasteiger partial charge in [-0.05, 0) is 55.4 Å². The number of fused-ring (bicyclic) bond motifs is 1. The maximum atomic E-state index is 9.54. The average Bonchev–Trinajstić information content (AvgIpc) is 3.05. The van der Waals surface area contributed by atoms with Gasteiger partial charge in [-0.1, -0.05) is 6.92 Å². The minimum Gasteiger partial charge on any atom is -0.467 e. The van der Waals surface area contributed by atoms with Crippen LogP contribution in [0.25, 0.3) is 0 Å². The number of anilines is 1. The number of aromatic nitrogens is 1. The van der Waals surface area contributed by atoms with E-state index in [1.165, 1.54) is 17.5 Å². The highest BCUT2D eigenvalue weighted by Gasteiger charge is 2.21. The van der Waals surface area contributed by atoms with E-state index in [4.69, 9.17) is 9.40 Å². The van der Waals surface area contributed by atoms with E-state index in [0.717, 1.165) is 37.1 Å². The predicted molar refractivity (Wildman–Crippen MR) is 81.0 cm³/mol. The lowest BCUT2D eigenvalue weighted by molar-refractivity contribution is 0.517. The molecule has 0 radical (unpaired) electrons. The van der Waals surface area contributed by atoms with Crippen LogP contribution in [0.1, 0.15) is 47.9 Å². The van der Waals surface area contributed by atoms with Crippen molar-refractivity contribution in [1.82, 2.24) is 4.98 Å². The van der Waals surface area contributed by atoms with Gasteiger partial charge in [-0.25, -0.2) is 4.98 Å². The largest absolute Gasteiger partial charge is 0.467 e. The average molecular weight is 281 g/mol. The summed E-state index contributed by atoms with van der Waals surface area (Å²) in [4.78, 5) is 4.70. The SMILES string of the molecule is CCc1nc(NCc2ccco2)c(C#N)c2c1CCCC2. The van der Waals surface area contributed by atoms with E-state index in [1.807, 2.05) is 12.1 Å². The van der Waals surface area contributed by atoms with Crippen molar-refractivity contribution in [3.05, 3.63) is 46.5 Å². The standard InChI is InChI=1S/C17H19N3O/c1-2-16-14-8-4-3-7-13(14)15(10-18)17(20-16)19-11-12-6-5-9-21-12/h5-6,9H,2-4,7-8,11H2,1H3,(H,19,20). The molecule has 4 nitrogen and oxygen atoms in total. The van der Waals surface area contributed by atoms with Crippen LogP contribution in [-0.4, -0.2) is 4.98 Å². The third kappa shape index (κ3) is 2.64. The molecule has 0 spiro atoms. The van der Waals surface area contributed by atoms with Crippen LogP contribution in [0.3, 0.4) is 0 Å². The number of furan rings is 1. The van der Waals surface area contributed by atoms with Crippen LogP contribution >= 0.6 is 0 Å². The number of pyridine rings is 1. The molecule has 0 unspecified atom stereocenters. The van der Waals surface area contributed by atoms with Crippen LogP contribution < -0.4 is 5.32 Å². The first-order chi connectivity index (χ1) is 10.3. The normalized spacial score (nSPS) is 13.5. The number of nitrogens with zero attached hydrogens (tertiary/aromatic N) is 2. The highest BCUT2D eigenvalue weighted by atomic mass is 16.3. The molecule has 108 valence electrons. The van der Waals surface area contributed by atoms with E-state index < -0.39 is 0 Å². The smallest absolute Gasteiger partial charge is 0.144 e. The lowest BCUT2D eigenvalue weighted by atomic mass is 9.87. The number of hydrogen-bond donors (Lipinski definition) is 1. The Hall–Kier alpha value is -2.28. The molecule has 0 aliphatic heterocycles. The molecular weight excluding hydrogens is 262 g/mol.